The van der Waals surface area contributed by atoms with Gasteiger partial charge in [0.2, 0.25) is 0 Å². The lowest BCUT2D eigenvalue weighted by Gasteiger charge is -2.32. The van der Waals surface area contributed by atoms with Crippen LogP contribution in [-0.2, 0) is 17.0 Å². The summed E-state index contributed by atoms with van der Waals surface area (Å²) in [7, 11) is 4.36. The second-order valence-electron chi connectivity index (χ2n) is 7.82. The van der Waals surface area contributed by atoms with Crippen molar-refractivity contribution >= 4 is 11.6 Å². The number of hydrogen-bond donors (Lipinski definition) is 0. The topological polar surface area (TPSA) is 91.6 Å². The number of carbonyl (C=O) groups excluding carboxylic acids is 1. The summed E-state index contributed by atoms with van der Waals surface area (Å²) in [4.78, 5) is 23.6. The molecule has 4 rings (SSSR count). The number of rotatable bonds is 6. The monoisotopic (exact) mass is 477 g/mol. The SMILES string of the molecule is COc1cc(-c2cc(C)c3c(n2)[C@@](C)(OC)N(c2cnn(CC(F)(F)F)c2)C3=O)cnc1OC. The molecule has 0 bridgehead atoms. The standard InChI is InChI=1S/C22H22F3N5O4/c1-12-6-15(13-7-16(32-3)19(33-4)26-8-13)28-18-17(12)20(31)30(21(18,2)34-5)14-9-27-29(10-14)11-22(23,24)25/h6-10H,11H2,1-5H3/t21-/m1/s1. The maximum absolute atomic E-state index is 13.4. The Hall–Kier alpha value is -3.67. The van der Waals surface area contributed by atoms with E-state index >= 15 is 0 Å². The third-order valence-electron chi connectivity index (χ3n) is 5.64. The average Bonchev–Trinajstić information content (AvgIpc) is 3.31. The molecule has 1 aliphatic heterocycles. The van der Waals surface area contributed by atoms with Gasteiger partial charge in [-0.05, 0) is 31.5 Å². The molecular weight excluding hydrogens is 455 g/mol. The molecule has 3 aromatic rings. The molecule has 0 spiro atoms. The van der Waals surface area contributed by atoms with E-state index in [4.69, 9.17) is 19.2 Å². The summed E-state index contributed by atoms with van der Waals surface area (Å²) in [6, 6.07) is 3.44. The molecule has 1 atom stereocenters. The minimum Gasteiger partial charge on any atom is -0.491 e. The smallest absolute Gasteiger partial charge is 0.408 e. The van der Waals surface area contributed by atoms with Crippen LogP contribution in [0.1, 0.15) is 28.5 Å². The first kappa shape index (κ1) is 23.5. The van der Waals surface area contributed by atoms with E-state index in [2.05, 4.69) is 10.1 Å². The van der Waals surface area contributed by atoms with Crippen LogP contribution in [0.2, 0.25) is 0 Å². The third kappa shape index (κ3) is 3.83. The molecule has 0 N–H and O–H groups in total. The van der Waals surface area contributed by atoms with Gasteiger partial charge in [-0.2, -0.15) is 18.3 Å². The zero-order valence-electron chi connectivity index (χ0n) is 19.1. The molecule has 0 fully saturated rings. The number of amides is 1. The maximum atomic E-state index is 13.4. The van der Waals surface area contributed by atoms with E-state index in [1.54, 1.807) is 32.2 Å². The molecule has 0 saturated heterocycles. The van der Waals surface area contributed by atoms with Gasteiger partial charge in [0.1, 0.15) is 12.2 Å². The molecule has 0 saturated carbocycles. The zero-order chi connectivity index (χ0) is 24.8. The summed E-state index contributed by atoms with van der Waals surface area (Å²) in [5.41, 5.74) is 1.15. The fourth-order valence-corrected chi connectivity index (χ4v) is 4.00. The van der Waals surface area contributed by atoms with Gasteiger partial charge in [-0.15, -0.1) is 0 Å². The van der Waals surface area contributed by atoms with Crippen LogP contribution in [0.25, 0.3) is 11.3 Å². The Morgan fingerprint density at radius 2 is 1.85 bits per heavy atom. The number of carbonyl (C=O) groups is 1. The first-order valence-electron chi connectivity index (χ1n) is 10.1. The number of methoxy groups -OCH3 is 3. The molecule has 0 aliphatic carbocycles. The van der Waals surface area contributed by atoms with Crippen LogP contribution in [0.4, 0.5) is 18.9 Å². The van der Waals surface area contributed by atoms with Crippen molar-refractivity contribution < 1.29 is 32.2 Å². The van der Waals surface area contributed by atoms with Crippen LogP contribution in [0.15, 0.2) is 30.7 Å². The first-order chi connectivity index (χ1) is 16.0. The van der Waals surface area contributed by atoms with Crippen LogP contribution in [0, 0.1) is 6.92 Å². The highest BCUT2D eigenvalue weighted by molar-refractivity contribution is 6.12. The van der Waals surface area contributed by atoms with Gasteiger partial charge in [-0.25, -0.2) is 9.97 Å². The normalized spacial score (nSPS) is 17.8. The number of aryl methyl sites for hydroxylation is 1. The number of halogens is 3. The average molecular weight is 477 g/mol. The molecule has 34 heavy (non-hydrogen) atoms. The Kier molecular flexibility index (Phi) is 5.72. The Bertz CT molecular complexity index is 1260. The molecule has 4 heterocycles. The molecule has 0 aromatic carbocycles. The Morgan fingerprint density at radius 1 is 1.12 bits per heavy atom. The molecule has 0 radical (unpaired) electrons. The number of fused-ring (bicyclic) bond motifs is 1. The minimum atomic E-state index is -4.45. The molecule has 180 valence electrons. The van der Waals surface area contributed by atoms with E-state index in [1.807, 2.05) is 0 Å². The van der Waals surface area contributed by atoms with Crippen molar-refractivity contribution in [2.75, 3.05) is 26.2 Å². The minimum absolute atomic E-state index is 0.158. The Balaban J connectivity index is 1.80. The lowest BCUT2D eigenvalue weighted by molar-refractivity contribution is -0.142. The van der Waals surface area contributed by atoms with Crippen LogP contribution >= 0.6 is 0 Å². The predicted octanol–water partition coefficient (Wildman–Crippen LogP) is 3.71. The summed E-state index contributed by atoms with van der Waals surface area (Å²) >= 11 is 0. The van der Waals surface area contributed by atoms with E-state index in [9.17, 15) is 18.0 Å². The van der Waals surface area contributed by atoms with Crippen molar-refractivity contribution in [1.29, 1.82) is 0 Å². The Morgan fingerprint density at radius 3 is 2.47 bits per heavy atom. The van der Waals surface area contributed by atoms with Gasteiger partial charge in [-0.3, -0.25) is 14.4 Å². The largest absolute Gasteiger partial charge is 0.491 e. The number of alkyl halides is 3. The number of pyridine rings is 2. The van der Waals surface area contributed by atoms with E-state index in [1.165, 1.54) is 32.4 Å². The van der Waals surface area contributed by atoms with Crippen molar-refractivity contribution in [3.8, 4) is 22.9 Å². The maximum Gasteiger partial charge on any atom is 0.408 e. The number of ether oxygens (including phenoxy) is 3. The fraction of sp³-hybridized carbons (Fsp3) is 0.364. The summed E-state index contributed by atoms with van der Waals surface area (Å²) < 4.78 is 55.3. The molecule has 3 aromatic heterocycles. The highest BCUT2D eigenvalue weighted by atomic mass is 19.4. The highest BCUT2D eigenvalue weighted by Gasteiger charge is 2.50. The van der Waals surface area contributed by atoms with E-state index in [0.29, 0.717) is 39.7 Å². The molecule has 0 unspecified atom stereocenters. The van der Waals surface area contributed by atoms with Crippen molar-refractivity contribution in [2.24, 2.45) is 0 Å². The van der Waals surface area contributed by atoms with Crippen molar-refractivity contribution in [3.63, 3.8) is 0 Å². The quantitative estimate of drug-likeness (QED) is 0.535. The van der Waals surface area contributed by atoms with Crippen molar-refractivity contribution in [1.82, 2.24) is 19.7 Å². The van der Waals surface area contributed by atoms with Gasteiger partial charge in [-0.1, -0.05) is 0 Å². The highest BCUT2D eigenvalue weighted by Crippen LogP contribution is 2.44. The van der Waals surface area contributed by atoms with Gasteiger partial charge in [0.05, 0.1) is 37.4 Å². The van der Waals surface area contributed by atoms with E-state index in [0.717, 1.165) is 10.9 Å². The Labute approximate surface area is 193 Å². The van der Waals surface area contributed by atoms with Crippen molar-refractivity contribution in [3.05, 3.63) is 47.5 Å². The lowest BCUT2D eigenvalue weighted by Crippen LogP contribution is -2.43. The first-order valence-corrected chi connectivity index (χ1v) is 10.1. The summed E-state index contributed by atoms with van der Waals surface area (Å²) in [5.74, 6) is 0.264. The van der Waals surface area contributed by atoms with Gasteiger partial charge in [0.15, 0.2) is 11.5 Å². The molecule has 1 aliphatic rings. The van der Waals surface area contributed by atoms with Crippen LogP contribution in [0.5, 0.6) is 11.6 Å². The molecule has 9 nitrogen and oxygen atoms in total. The van der Waals surface area contributed by atoms with Gasteiger partial charge < -0.3 is 14.2 Å². The lowest BCUT2D eigenvalue weighted by atomic mass is 10.0. The number of anilines is 1. The molecular formula is C22H22F3N5O4. The van der Waals surface area contributed by atoms with E-state index in [-0.39, 0.29) is 5.69 Å². The van der Waals surface area contributed by atoms with Gasteiger partial charge in [0, 0.05) is 25.1 Å². The van der Waals surface area contributed by atoms with Gasteiger partial charge in [0.25, 0.3) is 11.8 Å². The summed E-state index contributed by atoms with van der Waals surface area (Å²) in [6.45, 7) is 2.10. The van der Waals surface area contributed by atoms with Crippen LogP contribution in [-0.4, -0.2) is 53.2 Å². The number of hydrogen-bond acceptors (Lipinski definition) is 7. The fourth-order valence-electron chi connectivity index (χ4n) is 4.00. The van der Waals surface area contributed by atoms with Crippen molar-refractivity contribution in [2.45, 2.75) is 32.3 Å². The van der Waals surface area contributed by atoms with Gasteiger partial charge >= 0.3 is 6.18 Å². The summed E-state index contributed by atoms with van der Waals surface area (Å²) in [5, 5.41) is 3.76. The zero-order valence-corrected chi connectivity index (χ0v) is 19.1. The van der Waals surface area contributed by atoms with Crippen LogP contribution in [0.3, 0.4) is 0 Å². The second-order valence-corrected chi connectivity index (χ2v) is 7.82. The predicted molar refractivity (Wildman–Crippen MR) is 115 cm³/mol. The summed E-state index contributed by atoms with van der Waals surface area (Å²) in [6.07, 6.45) is -0.536. The second kappa shape index (κ2) is 8.28. The van der Waals surface area contributed by atoms with E-state index < -0.39 is 24.4 Å². The molecule has 12 heteroatoms. The third-order valence-corrected chi connectivity index (χ3v) is 5.64. The number of nitrogens with zero attached hydrogens (tertiary/aromatic N) is 5. The number of aromatic nitrogens is 4. The molecule has 1 amide bonds. The van der Waals surface area contributed by atoms with Crippen LogP contribution < -0.4 is 14.4 Å².